The smallest absolute Gasteiger partial charge is 0.231 e. The lowest BCUT2D eigenvalue weighted by atomic mass is 9.77. The van der Waals surface area contributed by atoms with Crippen molar-refractivity contribution in [2.45, 2.75) is 26.2 Å². The fourth-order valence-corrected chi connectivity index (χ4v) is 3.83. The first-order chi connectivity index (χ1) is 9.48. The van der Waals surface area contributed by atoms with Crippen LogP contribution in [-0.4, -0.2) is 19.0 Å². The maximum Gasteiger partial charge on any atom is 0.231 e. The summed E-state index contributed by atoms with van der Waals surface area (Å²) in [5, 5.41) is 7.08. The summed E-state index contributed by atoms with van der Waals surface area (Å²) in [5.74, 6) is -0.0154. The van der Waals surface area contributed by atoms with Gasteiger partial charge in [-0.3, -0.25) is 4.79 Å². The summed E-state index contributed by atoms with van der Waals surface area (Å²) in [4.78, 5) is 12.6. The number of carbonyl (C=O) groups excluding carboxylic acids is 1. The average Bonchev–Trinajstić information content (AvgIpc) is 2.43. The third kappa shape index (κ3) is 3.30. The van der Waals surface area contributed by atoms with Crippen LogP contribution in [0.1, 0.15) is 26.2 Å². The molecule has 0 bridgehead atoms. The molecule has 1 aromatic carbocycles. The van der Waals surface area contributed by atoms with Gasteiger partial charge in [-0.2, -0.15) is 0 Å². The molecule has 1 fully saturated rings. The van der Waals surface area contributed by atoms with Crippen molar-refractivity contribution in [1.29, 1.82) is 0 Å². The summed E-state index contributed by atoms with van der Waals surface area (Å²) in [5.41, 5.74) is 0.109. The Morgan fingerprint density at radius 1 is 1.45 bits per heavy atom. The highest BCUT2D eigenvalue weighted by molar-refractivity contribution is 9.10. The van der Waals surface area contributed by atoms with E-state index >= 15 is 0 Å². The van der Waals surface area contributed by atoms with E-state index < -0.39 is 0 Å². The summed E-state index contributed by atoms with van der Waals surface area (Å²) < 4.78 is 0.787. The van der Waals surface area contributed by atoms with Gasteiger partial charge in [0.15, 0.2) is 0 Å². The Morgan fingerprint density at radius 3 is 2.60 bits per heavy atom. The predicted octanol–water partition coefficient (Wildman–Crippen LogP) is 4.47. The molecule has 20 heavy (non-hydrogen) atoms. The highest BCUT2D eigenvalue weighted by Crippen LogP contribution is 2.37. The minimum atomic E-state index is -0.377. The lowest BCUT2D eigenvalue weighted by Crippen LogP contribution is -2.47. The molecule has 1 aromatic rings. The highest BCUT2D eigenvalue weighted by Gasteiger charge is 2.38. The van der Waals surface area contributed by atoms with Crippen LogP contribution in [-0.2, 0) is 4.79 Å². The van der Waals surface area contributed by atoms with Gasteiger partial charge in [-0.25, -0.2) is 0 Å². The van der Waals surface area contributed by atoms with E-state index in [0.29, 0.717) is 22.3 Å². The van der Waals surface area contributed by atoms with Gasteiger partial charge in [-0.15, -0.1) is 0 Å². The Labute approximate surface area is 137 Å². The molecular weight excluding hydrogens is 363 g/mol. The van der Waals surface area contributed by atoms with Crippen LogP contribution in [0.25, 0.3) is 0 Å². The van der Waals surface area contributed by atoms with Crippen LogP contribution in [0.3, 0.4) is 0 Å². The van der Waals surface area contributed by atoms with E-state index in [2.05, 4.69) is 26.6 Å². The van der Waals surface area contributed by atoms with Crippen molar-refractivity contribution in [2.24, 2.45) is 5.41 Å². The van der Waals surface area contributed by atoms with Crippen LogP contribution in [0.2, 0.25) is 10.0 Å². The summed E-state index contributed by atoms with van der Waals surface area (Å²) in [6.45, 7) is 3.70. The van der Waals surface area contributed by atoms with Crippen molar-refractivity contribution < 1.29 is 4.79 Å². The second kappa shape index (κ2) is 6.65. The molecule has 0 aliphatic carbocycles. The average molecular weight is 380 g/mol. The van der Waals surface area contributed by atoms with Gasteiger partial charge in [0.1, 0.15) is 0 Å². The Morgan fingerprint density at radius 2 is 2.10 bits per heavy atom. The van der Waals surface area contributed by atoms with Gasteiger partial charge < -0.3 is 10.6 Å². The molecule has 1 saturated heterocycles. The maximum absolute atomic E-state index is 12.6. The molecule has 0 aromatic heterocycles. The van der Waals surface area contributed by atoms with Crippen LogP contribution in [0, 0.1) is 5.41 Å². The lowest BCUT2D eigenvalue weighted by molar-refractivity contribution is -0.126. The minimum Gasteiger partial charge on any atom is -0.323 e. The molecule has 1 aliphatic heterocycles. The highest BCUT2D eigenvalue weighted by atomic mass is 79.9. The van der Waals surface area contributed by atoms with E-state index in [1.807, 2.05) is 6.92 Å². The molecule has 0 radical (unpaired) electrons. The largest absolute Gasteiger partial charge is 0.323 e. The van der Waals surface area contributed by atoms with Gasteiger partial charge >= 0.3 is 0 Å². The number of amides is 1. The monoisotopic (exact) mass is 378 g/mol. The van der Waals surface area contributed by atoms with E-state index in [4.69, 9.17) is 23.2 Å². The molecule has 1 heterocycles. The van der Waals surface area contributed by atoms with Crippen molar-refractivity contribution in [1.82, 2.24) is 5.32 Å². The first kappa shape index (κ1) is 16.1. The van der Waals surface area contributed by atoms with Crippen molar-refractivity contribution in [3.05, 3.63) is 26.7 Å². The molecular formula is C14H17BrCl2N2O. The van der Waals surface area contributed by atoms with Gasteiger partial charge in [0, 0.05) is 11.0 Å². The number of hydrogen-bond acceptors (Lipinski definition) is 2. The van der Waals surface area contributed by atoms with E-state index in [-0.39, 0.29) is 11.3 Å². The molecule has 6 heteroatoms. The second-order valence-corrected chi connectivity index (χ2v) is 6.84. The van der Waals surface area contributed by atoms with Crippen molar-refractivity contribution >= 4 is 50.7 Å². The fourth-order valence-electron chi connectivity index (χ4n) is 2.53. The number of anilines is 1. The molecule has 0 spiro atoms. The van der Waals surface area contributed by atoms with E-state index in [0.717, 1.165) is 30.3 Å². The summed E-state index contributed by atoms with van der Waals surface area (Å²) >= 11 is 15.6. The summed E-state index contributed by atoms with van der Waals surface area (Å²) in [6, 6.07) is 3.45. The Bertz CT molecular complexity index is 493. The van der Waals surface area contributed by atoms with E-state index in [1.165, 1.54) is 0 Å². The second-order valence-electron chi connectivity index (χ2n) is 5.11. The number of piperidine rings is 1. The molecule has 3 nitrogen and oxygen atoms in total. The molecule has 1 aliphatic rings. The molecule has 1 amide bonds. The topological polar surface area (TPSA) is 41.1 Å². The number of hydrogen-bond donors (Lipinski definition) is 2. The number of benzene rings is 1. The van der Waals surface area contributed by atoms with Gasteiger partial charge in [0.25, 0.3) is 0 Å². The SMILES string of the molecule is CCC1(C(=O)Nc2c(Cl)cc(Br)cc2Cl)CCCNC1. The Kier molecular flexibility index (Phi) is 5.35. The lowest BCUT2D eigenvalue weighted by Gasteiger charge is -2.35. The van der Waals surface area contributed by atoms with Gasteiger partial charge in [0.2, 0.25) is 5.91 Å². The van der Waals surface area contributed by atoms with Crippen LogP contribution >= 0.6 is 39.1 Å². The maximum atomic E-state index is 12.6. The standard InChI is InChI=1S/C14H17BrCl2N2O/c1-2-14(4-3-5-18-8-14)13(20)19-12-10(16)6-9(15)7-11(12)17/h6-7,18H,2-5,8H2,1H3,(H,19,20). The molecule has 1 atom stereocenters. The Balaban J connectivity index is 2.23. The molecule has 2 rings (SSSR count). The zero-order valence-corrected chi connectivity index (χ0v) is 14.3. The molecule has 2 N–H and O–H groups in total. The number of nitrogens with one attached hydrogen (secondary N) is 2. The number of halogens is 3. The van der Waals surface area contributed by atoms with Crippen LogP contribution in [0.5, 0.6) is 0 Å². The molecule has 0 saturated carbocycles. The van der Waals surface area contributed by atoms with Crippen molar-refractivity contribution in [3.8, 4) is 0 Å². The normalized spacial score (nSPS) is 22.6. The van der Waals surface area contributed by atoms with Crippen molar-refractivity contribution in [3.63, 3.8) is 0 Å². The molecule has 110 valence electrons. The van der Waals surface area contributed by atoms with E-state index in [9.17, 15) is 4.79 Å². The van der Waals surface area contributed by atoms with E-state index in [1.54, 1.807) is 12.1 Å². The predicted molar refractivity (Wildman–Crippen MR) is 87.6 cm³/mol. The van der Waals surface area contributed by atoms with Gasteiger partial charge in [0.05, 0.1) is 21.1 Å². The van der Waals surface area contributed by atoms with Crippen LogP contribution in [0.15, 0.2) is 16.6 Å². The molecule has 1 unspecified atom stereocenters. The first-order valence-electron chi connectivity index (χ1n) is 6.65. The summed E-state index contributed by atoms with van der Waals surface area (Å²) in [6.07, 6.45) is 2.68. The number of carbonyl (C=O) groups is 1. The summed E-state index contributed by atoms with van der Waals surface area (Å²) in [7, 11) is 0. The van der Waals surface area contributed by atoms with Crippen LogP contribution < -0.4 is 10.6 Å². The Hall–Kier alpha value is -0.290. The third-order valence-corrected chi connectivity index (χ3v) is 4.93. The zero-order valence-electron chi connectivity index (χ0n) is 11.2. The third-order valence-electron chi connectivity index (χ3n) is 3.88. The van der Waals surface area contributed by atoms with Crippen molar-refractivity contribution in [2.75, 3.05) is 18.4 Å². The minimum absolute atomic E-state index is 0.0154. The zero-order chi connectivity index (χ0) is 14.8. The van der Waals surface area contributed by atoms with Gasteiger partial charge in [-0.1, -0.05) is 46.1 Å². The van der Waals surface area contributed by atoms with Gasteiger partial charge in [-0.05, 0) is 37.9 Å². The first-order valence-corrected chi connectivity index (χ1v) is 8.20. The quantitative estimate of drug-likeness (QED) is 0.813. The van der Waals surface area contributed by atoms with Crippen LogP contribution in [0.4, 0.5) is 5.69 Å². The fraction of sp³-hybridized carbons (Fsp3) is 0.500. The number of rotatable bonds is 3.